The summed E-state index contributed by atoms with van der Waals surface area (Å²) in [5.41, 5.74) is 1.41. The van der Waals surface area contributed by atoms with Gasteiger partial charge in [-0.05, 0) is 23.1 Å². The lowest BCUT2D eigenvalue weighted by molar-refractivity contribution is -0.142. The number of aliphatic carboxylic acids is 1. The summed E-state index contributed by atoms with van der Waals surface area (Å²) >= 11 is 0. The molecule has 6 nitrogen and oxygen atoms in total. The van der Waals surface area contributed by atoms with E-state index >= 15 is 0 Å². The van der Waals surface area contributed by atoms with Gasteiger partial charge in [-0.15, -0.1) is 0 Å². The van der Waals surface area contributed by atoms with Crippen LogP contribution in [0.5, 0.6) is 0 Å². The van der Waals surface area contributed by atoms with Gasteiger partial charge in [0, 0.05) is 5.56 Å². The number of hydrogen-bond acceptors (Lipinski definition) is 3. The van der Waals surface area contributed by atoms with Crippen LogP contribution in [0.1, 0.15) is 36.7 Å². The second-order valence-electron chi connectivity index (χ2n) is 6.12. The maximum absolute atomic E-state index is 12.4. The highest BCUT2D eigenvalue weighted by Crippen LogP contribution is 2.22. The SMILES string of the molecule is CC(C)(C)c1ccc(C(=O)NCC(=O)NC(CF)C(=O)O)cc1. The molecule has 1 atom stereocenters. The monoisotopic (exact) mass is 324 g/mol. The molecule has 0 aromatic heterocycles. The van der Waals surface area contributed by atoms with Crippen molar-refractivity contribution in [3.8, 4) is 0 Å². The molecule has 7 heteroatoms. The second kappa shape index (κ2) is 7.71. The Morgan fingerprint density at radius 2 is 1.74 bits per heavy atom. The van der Waals surface area contributed by atoms with E-state index < -0.39 is 37.0 Å². The van der Waals surface area contributed by atoms with Gasteiger partial charge in [-0.3, -0.25) is 9.59 Å². The van der Waals surface area contributed by atoms with Crippen LogP contribution in [0.15, 0.2) is 24.3 Å². The third kappa shape index (κ3) is 5.69. The zero-order valence-corrected chi connectivity index (χ0v) is 13.4. The summed E-state index contributed by atoms with van der Waals surface area (Å²) in [5, 5.41) is 13.0. The van der Waals surface area contributed by atoms with Crippen LogP contribution in [-0.2, 0) is 15.0 Å². The largest absolute Gasteiger partial charge is 0.480 e. The van der Waals surface area contributed by atoms with E-state index in [0.717, 1.165) is 5.56 Å². The fourth-order valence-electron chi connectivity index (χ4n) is 1.80. The van der Waals surface area contributed by atoms with Crippen LogP contribution in [0.2, 0.25) is 0 Å². The summed E-state index contributed by atoms with van der Waals surface area (Å²) in [4.78, 5) is 34.0. The molecular formula is C16H21FN2O4. The average Bonchev–Trinajstić information content (AvgIpc) is 2.49. The fourth-order valence-corrected chi connectivity index (χ4v) is 1.80. The average molecular weight is 324 g/mol. The molecule has 1 unspecified atom stereocenters. The van der Waals surface area contributed by atoms with E-state index in [2.05, 4.69) is 26.1 Å². The van der Waals surface area contributed by atoms with Crippen LogP contribution in [0.4, 0.5) is 4.39 Å². The minimum atomic E-state index is -1.61. The van der Waals surface area contributed by atoms with Gasteiger partial charge in [0.25, 0.3) is 5.91 Å². The molecule has 0 fully saturated rings. The molecule has 0 heterocycles. The van der Waals surface area contributed by atoms with Crippen molar-refractivity contribution in [3.05, 3.63) is 35.4 Å². The molecule has 0 aliphatic rings. The van der Waals surface area contributed by atoms with Crippen LogP contribution < -0.4 is 10.6 Å². The Labute approximate surface area is 134 Å². The molecule has 1 aromatic carbocycles. The van der Waals surface area contributed by atoms with Crippen molar-refractivity contribution in [2.75, 3.05) is 13.2 Å². The molecule has 0 spiro atoms. The first-order valence-corrected chi connectivity index (χ1v) is 7.12. The number of carboxylic acid groups (broad SMARTS) is 1. The number of carbonyl (C=O) groups excluding carboxylic acids is 2. The number of halogens is 1. The summed E-state index contributed by atoms with van der Waals surface area (Å²) in [7, 11) is 0. The van der Waals surface area contributed by atoms with Gasteiger partial charge in [-0.2, -0.15) is 0 Å². The maximum atomic E-state index is 12.4. The molecule has 0 aliphatic heterocycles. The first kappa shape index (κ1) is 18.6. The summed E-state index contributed by atoms with van der Waals surface area (Å²) < 4.78 is 12.4. The predicted octanol–water partition coefficient (Wildman–Crippen LogP) is 1.25. The molecule has 23 heavy (non-hydrogen) atoms. The summed E-state index contributed by atoms with van der Waals surface area (Å²) in [6.07, 6.45) is 0. The van der Waals surface area contributed by atoms with Crippen LogP contribution in [0.25, 0.3) is 0 Å². The Balaban J connectivity index is 2.57. The smallest absolute Gasteiger partial charge is 0.328 e. The second-order valence-corrected chi connectivity index (χ2v) is 6.12. The zero-order valence-electron chi connectivity index (χ0n) is 13.4. The lowest BCUT2D eigenvalue weighted by Crippen LogP contribution is -2.46. The van der Waals surface area contributed by atoms with Crippen LogP contribution >= 0.6 is 0 Å². The quantitative estimate of drug-likeness (QED) is 0.734. The number of alkyl halides is 1. The predicted molar refractivity (Wildman–Crippen MR) is 83.0 cm³/mol. The summed E-state index contributed by atoms with van der Waals surface area (Å²) in [6, 6.07) is 5.35. The highest BCUT2D eigenvalue weighted by atomic mass is 19.1. The van der Waals surface area contributed by atoms with E-state index in [4.69, 9.17) is 5.11 Å². The highest BCUT2D eigenvalue weighted by Gasteiger charge is 2.20. The fraction of sp³-hybridized carbons (Fsp3) is 0.438. The Morgan fingerprint density at radius 1 is 1.17 bits per heavy atom. The number of carbonyl (C=O) groups is 3. The minimum Gasteiger partial charge on any atom is -0.480 e. The van der Waals surface area contributed by atoms with Gasteiger partial charge in [0.1, 0.15) is 6.67 Å². The Morgan fingerprint density at radius 3 is 2.17 bits per heavy atom. The van der Waals surface area contributed by atoms with E-state index in [1.165, 1.54) is 0 Å². The number of amides is 2. The van der Waals surface area contributed by atoms with Gasteiger partial charge in [0.05, 0.1) is 6.54 Å². The molecule has 1 aromatic rings. The molecule has 1 rings (SSSR count). The third-order valence-corrected chi connectivity index (χ3v) is 3.21. The third-order valence-electron chi connectivity index (χ3n) is 3.21. The lowest BCUT2D eigenvalue weighted by atomic mass is 9.87. The van der Waals surface area contributed by atoms with E-state index in [1.807, 2.05) is 17.4 Å². The van der Waals surface area contributed by atoms with E-state index in [1.54, 1.807) is 12.1 Å². The minimum absolute atomic E-state index is 0.0346. The zero-order chi connectivity index (χ0) is 17.6. The molecule has 0 saturated carbocycles. The molecule has 0 saturated heterocycles. The van der Waals surface area contributed by atoms with Crippen LogP contribution in [0, 0.1) is 0 Å². The van der Waals surface area contributed by atoms with Gasteiger partial charge in [0.2, 0.25) is 5.91 Å². The topological polar surface area (TPSA) is 95.5 Å². The number of hydrogen-bond donors (Lipinski definition) is 3. The first-order chi connectivity index (χ1) is 10.6. The standard InChI is InChI=1S/C16H21FN2O4/c1-16(2,3)11-6-4-10(5-7-11)14(21)18-9-13(20)19-12(8-17)15(22)23/h4-7,12H,8-9H2,1-3H3,(H,18,21)(H,19,20)(H,22,23). The van der Waals surface area contributed by atoms with E-state index in [0.29, 0.717) is 5.56 Å². The first-order valence-electron chi connectivity index (χ1n) is 7.12. The van der Waals surface area contributed by atoms with Crippen molar-refractivity contribution >= 4 is 17.8 Å². The number of carboxylic acids is 1. The lowest BCUT2D eigenvalue weighted by Gasteiger charge is -2.19. The van der Waals surface area contributed by atoms with Gasteiger partial charge >= 0.3 is 5.97 Å². The van der Waals surface area contributed by atoms with Crippen molar-refractivity contribution in [2.45, 2.75) is 32.2 Å². The van der Waals surface area contributed by atoms with Gasteiger partial charge < -0.3 is 15.7 Å². The molecule has 2 amide bonds. The van der Waals surface area contributed by atoms with Crippen LogP contribution in [0.3, 0.4) is 0 Å². The Bertz CT molecular complexity index is 579. The van der Waals surface area contributed by atoms with Gasteiger partial charge in [-0.25, -0.2) is 9.18 Å². The number of rotatable bonds is 6. The molecule has 3 N–H and O–H groups in total. The summed E-state index contributed by atoms with van der Waals surface area (Å²) in [6.45, 7) is 4.51. The molecule has 126 valence electrons. The van der Waals surface area contributed by atoms with Crippen molar-refractivity contribution < 1.29 is 23.9 Å². The number of nitrogens with one attached hydrogen (secondary N) is 2. The van der Waals surface area contributed by atoms with Crippen molar-refractivity contribution in [1.82, 2.24) is 10.6 Å². The van der Waals surface area contributed by atoms with E-state index in [-0.39, 0.29) is 5.41 Å². The van der Waals surface area contributed by atoms with Crippen LogP contribution in [-0.4, -0.2) is 42.2 Å². The molecular weight excluding hydrogens is 303 g/mol. The molecule has 0 bridgehead atoms. The summed E-state index contributed by atoms with van der Waals surface area (Å²) in [5.74, 6) is -2.70. The Kier molecular flexibility index (Phi) is 6.24. The normalized spacial score (nSPS) is 12.3. The van der Waals surface area contributed by atoms with Crippen molar-refractivity contribution in [1.29, 1.82) is 0 Å². The Hall–Kier alpha value is -2.44. The van der Waals surface area contributed by atoms with Gasteiger partial charge in [0.15, 0.2) is 6.04 Å². The van der Waals surface area contributed by atoms with Crippen molar-refractivity contribution in [2.24, 2.45) is 0 Å². The highest BCUT2D eigenvalue weighted by molar-refractivity contribution is 5.96. The molecule has 0 aliphatic carbocycles. The van der Waals surface area contributed by atoms with Crippen molar-refractivity contribution in [3.63, 3.8) is 0 Å². The maximum Gasteiger partial charge on any atom is 0.328 e. The van der Waals surface area contributed by atoms with Gasteiger partial charge in [-0.1, -0.05) is 32.9 Å². The van der Waals surface area contributed by atoms with E-state index in [9.17, 15) is 18.8 Å². The number of benzene rings is 1. The molecule has 0 radical (unpaired) electrons.